The molecule has 4 heteroatoms. The largest absolute Gasteiger partial charge is 0.462 e. The second-order valence-electron chi connectivity index (χ2n) is 2.25. The molecule has 0 aliphatic rings. The van der Waals surface area contributed by atoms with Crippen LogP contribution in [0, 0.1) is 11.3 Å². The molecule has 1 atom stereocenters. The van der Waals surface area contributed by atoms with Gasteiger partial charge in [-0.05, 0) is 6.42 Å². The molecule has 0 heterocycles. The fourth-order valence-corrected chi connectivity index (χ4v) is 0.529. The zero-order chi connectivity index (χ0) is 9.40. The van der Waals surface area contributed by atoms with Gasteiger partial charge in [-0.2, -0.15) is 5.26 Å². The van der Waals surface area contributed by atoms with Crippen LogP contribution in [-0.2, 0) is 9.53 Å². The van der Waals surface area contributed by atoms with Crippen LogP contribution in [0.3, 0.4) is 0 Å². The first-order valence-corrected chi connectivity index (χ1v) is 3.60. The summed E-state index contributed by atoms with van der Waals surface area (Å²) >= 11 is 0. The smallest absolute Gasteiger partial charge is 0.302 e. The second kappa shape index (κ2) is 6.38. The maximum absolute atomic E-state index is 10.3. The first-order valence-electron chi connectivity index (χ1n) is 3.60. The Morgan fingerprint density at radius 1 is 1.75 bits per heavy atom. The minimum Gasteiger partial charge on any atom is -0.462 e. The highest BCUT2D eigenvalue weighted by Crippen LogP contribution is 1.88. The zero-order valence-corrected chi connectivity index (χ0v) is 6.99. The summed E-state index contributed by atoms with van der Waals surface area (Å²) in [4.78, 5) is 10.3. The third kappa shape index (κ3) is 6.78. The van der Waals surface area contributed by atoms with Gasteiger partial charge in [-0.3, -0.25) is 4.79 Å². The van der Waals surface area contributed by atoms with Crippen molar-refractivity contribution in [2.75, 3.05) is 6.61 Å². The Hall–Kier alpha value is -1.34. The topological polar surface area (TPSA) is 76.1 Å². The minimum atomic E-state index is -0.474. The van der Waals surface area contributed by atoms with Crippen molar-refractivity contribution in [3.63, 3.8) is 0 Å². The molecule has 2 N–H and O–H groups in total. The molecule has 1 unspecified atom stereocenters. The van der Waals surface area contributed by atoms with Crippen LogP contribution in [0.5, 0.6) is 0 Å². The van der Waals surface area contributed by atoms with Crippen molar-refractivity contribution in [2.24, 2.45) is 5.73 Å². The summed E-state index contributed by atoms with van der Waals surface area (Å²) in [5.41, 5.74) is 5.29. The summed E-state index contributed by atoms with van der Waals surface area (Å²) < 4.78 is 4.61. The van der Waals surface area contributed by atoms with Gasteiger partial charge in [-0.1, -0.05) is 12.2 Å². The number of hydrogen-bond acceptors (Lipinski definition) is 4. The molecule has 0 aliphatic heterocycles. The predicted molar refractivity (Wildman–Crippen MR) is 44.0 cm³/mol. The Morgan fingerprint density at radius 3 is 2.92 bits per heavy atom. The van der Waals surface area contributed by atoms with E-state index in [-0.39, 0.29) is 12.6 Å². The first-order chi connectivity index (χ1) is 5.66. The Labute approximate surface area is 71.6 Å². The van der Waals surface area contributed by atoms with Crippen LogP contribution in [0.2, 0.25) is 0 Å². The molecule has 12 heavy (non-hydrogen) atoms. The maximum atomic E-state index is 10.3. The average molecular weight is 168 g/mol. The molecule has 0 spiro atoms. The standard InChI is InChI=1S/C8H12N2O2/c1-7(11)12-5-3-2-4-8(10)6-9/h2-3,8H,4-5,10H2,1H3/b3-2+. The van der Waals surface area contributed by atoms with E-state index in [0.717, 1.165) is 0 Å². The van der Waals surface area contributed by atoms with Gasteiger partial charge in [-0.15, -0.1) is 0 Å². The lowest BCUT2D eigenvalue weighted by molar-refractivity contribution is -0.139. The Bertz CT molecular complexity index is 206. The normalized spacial score (nSPS) is 12.4. The summed E-state index contributed by atoms with van der Waals surface area (Å²) in [6, 6.07) is 1.41. The lowest BCUT2D eigenvalue weighted by Gasteiger charge is -1.96. The number of nitrogens with two attached hydrogens (primary N) is 1. The highest BCUT2D eigenvalue weighted by atomic mass is 16.5. The van der Waals surface area contributed by atoms with Gasteiger partial charge < -0.3 is 10.5 Å². The van der Waals surface area contributed by atoms with E-state index in [1.54, 1.807) is 12.2 Å². The van der Waals surface area contributed by atoms with E-state index in [2.05, 4.69) is 4.74 Å². The number of hydrogen-bond donors (Lipinski definition) is 1. The summed E-state index contributed by atoms with van der Waals surface area (Å²) in [5.74, 6) is -0.316. The second-order valence-corrected chi connectivity index (χ2v) is 2.25. The highest BCUT2D eigenvalue weighted by Gasteiger charge is 1.93. The van der Waals surface area contributed by atoms with Gasteiger partial charge in [-0.25, -0.2) is 0 Å². The highest BCUT2D eigenvalue weighted by molar-refractivity contribution is 5.65. The molecular weight excluding hydrogens is 156 g/mol. The number of nitrogens with zero attached hydrogens (tertiary/aromatic N) is 1. The number of nitriles is 1. The number of carbonyl (C=O) groups excluding carboxylic acids is 1. The lowest BCUT2D eigenvalue weighted by Crippen LogP contribution is -2.15. The van der Waals surface area contributed by atoms with E-state index >= 15 is 0 Å². The Morgan fingerprint density at radius 2 is 2.42 bits per heavy atom. The molecule has 66 valence electrons. The third-order valence-electron chi connectivity index (χ3n) is 1.11. The van der Waals surface area contributed by atoms with Gasteiger partial charge in [0.15, 0.2) is 0 Å². The van der Waals surface area contributed by atoms with Crippen molar-refractivity contribution in [1.29, 1.82) is 5.26 Å². The van der Waals surface area contributed by atoms with Gasteiger partial charge in [0.2, 0.25) is 0 Å². The molecule has 0 fully saturated rings. The number of ether oxygens (including phenoxy) is 1. The minimum absolute atomic E-state index is 0.244. The van der Waals surface area contributed by atoms with E-state index in [4.69, 9.17) is 11.0 Å². The van der Waals surface area contributed by atoms with Gasteiger partial charge in [0.25, 0.3) is 0 Å². The van der Waals surface area contributed by atoms with Crippen molar-refractivity contribution < 1.29 is 9.53 Å². The summed E-state index contributed by atoms with van der Waals surface area (Å²) in [6.07, 6.45) is 3.87. The van der Waals surface area contributed by atoms with Crippen molar-refractivity contribution in [3.8, 4) is 6.07 Å². The number of rotatable bonds is 4. The molecular formula is C8H12N2O2. The molecule has 0 bridgehead atoms. The predicted octanol–water partition coefficient (Wildman–Crippen LogP) is 0.347. The average Bonchev–Trinajstić information content (AvgIpc) is 2.03. The van der Waals surface area contributed by atoms with E-state index in [1.165, 1.54) is 6.92 Å². The van der Waals surface area contributed by atoms with Crippen LogP contribution in [-0.4, -0.2) is 18.6 Å². The van der Waals surface area contributed by atoms with Crippen molar-refractivity contribution in [1.82, 2.24) is 0 Å². The van der Waals surface area contributed by atoms with Crippen molar-refractivity contribution in [3.05, 3.63) is 12.2 Å². The quantitative estimate of drug-likeness (QED) is 0.485. The Balaban J connectivity index is 3.39. The molecule has 0 radical (unpaired) electrons. The first kappa shape index (κ1) is 10.7. The molecule has 0 rings (SSSR count). The van der Waals surface area contributed by atoms with Crippen molar-refractivity contribution >= 4 is 5.97 Å². The molecule has 0 aromatic carbocycles. The van der Waals surface area contributed by atoms with Crippen molar-refractivity contribution in [2.45, 2.75) is 19.4 Å². The van der Waals surface area contributed by atoms with Crippen LogP contribution in [0.25, 0.3) is 0 Å². The lowest BCUT2D eigenvalue weighted by atomic mass is 10.2. The SMILES string of the molecule is CC(=O)OC/C=C/CC(N)C#N. The fraction of sp³-hybridized carbons (Fsp3) is 0.500. The molecule has 0 aromatic rings. The summed E-state index contributed by atoms with van der Waals surface area (Å²) in [7, 11) is 0. The van der Waals surface area contributed by atoms with Crippen LogP contribution in [0.15, 0.2) is 12.2 Å². The van der Waals surface area contributed by atoms with Gasteiger partial charge >= 0.3 is 5.97 Å². The van der Waals surface area contributed by atoms with E-state index in [0.29, 0.717) is 6.42 Å². The van der Waals surface area contributed by atoms with Crippen LogP contribution in [0.1, 0.15) is 13.3 Å². The van der Waals surface area contributed by atoms with Gasteiger partial charge in [0.05, 0.1) is 12.1 Å². The molecule has 0 amide bonds. The molecule has 4 nitrogen and oxygen atoms in total. The third-order valence-corrected chi connectivity index (χ3v) is 1.11. The van der Waals surface area contributed by atoms with Crippen LogP contribution < -0.4 is 5.73 Å². The monoisotopic (exact) mass is 168 g/mol. The molecule has 0 aliphatic carbocycles. The van der Waals surface area contributed by atoms with Gasteiger partial charge in [0, 0.05) is 6.92 Å². The Kier molecular flexibility index (Phi) is 5.66. The fourth-order valence-electron chi connectivity index (χ4n) is 0.529. The van der Waals surface area contributed by atoms with E-state index in [1.807, 2.05) is 6.07 Å². The van der Waals surface area contributed by atoms with E-state index in [9.17, 15) is 4.79 Å². The molecule has 0 saturated heterocycles. The maximum Gasteiger partial charge on any atom is 0.302 e. The zero-order valence-electron chi connectivity index (χ0n) is 6.99. The van der Waals surface area contributed by atoms with Crippen LogP contribution in [0.4, 0.5) is 0 Å². The number of esters is 1. The summed E-state index contributed by atoms with van der Waals surface area (Å²) in [5, 5.41) is 8.29. The summed E-state index contributed by atoms with van der Waals surface area (Å²) in [6.45, 7) is 1.59. The van der Waals surface area contributed by atoms with Crippen LogP contribution >= 0.6 is 0 Å². The van der Waals surface area contributed by atoms with Gasteiger partial charge in [0.1, 0.15) is 6.61 Å². The number of carbonyl (C=O) groups is 1. The molecule has 0 aromatic heterocycles. The van der Waals surface area contributed by atoms with E-state index < -0.39 is 6.04 Å². The molecule has 0 saturated carbocycles.